The molecule has 120 valence electrons. The Balaban J connectivity index is 2.04. The number of phenolic OH excluding ortho intramolecular Hbond substituents is 1. The fraction of sp³-hybridized carbons (Fsp3) is 0.111. The van der Waals surface area contributed by atoms with Crippen molar-refractivity contribution >= 4 is 38.4 Å². The van der Waals surface area contributed by atoms with E-state index >= 15 is 0 Å². The van der Waals surface area contributed by atoms with Crippen molar-refractivity contribution in [3.05, 3.63) is 53.7 Å². The van der Waals surface area contributed by atoms with E-state index in [-0.39, 0.29) is 12.2 Å². The molecule has 0 bridgehead atoms. The summed E-state index contributed by atoms with van der Waals surface area (Å²) in [6.45, 7) is 1.89. The van der Waals surface area contributed by atoms with Crippen molar-refractivity contribution in [2.24, 2.45) is 0 Å². The van der Waals surface area contributed by atoms with Crippen molar-refractivity contribution in [3.8, 4) is 10.9 Å². The molecule has 0 saturated heterocycles. The maximum absolute atomic E-state index is 11.3. The van der Waals surface area contributed by atoms with Gasteiger partial charge in [-0.05, 0) is 42.8 Å². The molecule has 2 aromatic carbocycles. The third-order valence-electron chi connectivity index (χ3n) is 4.12. The zero-order valence-corrected chi connectivity index (χ0v) is 13.7. The van der Waals surface area contributed by atoms with Crippen LogP contribution in [0, 0.1) is 6.92 Å². The summed E-state index contributed by atoms with van der Waals surface area (Å²) in [6, 6.07) is 12.9. The topological polar surface area (TPSA) is 75.3 Å². The quantitative estimate of drug-likeness (QED) is 0.594. The van der Waals surface area contributed by atoms with E-state index in [2.05, 4.69) is 4.98 Å². The Morgan fingerprint density at radius 2 is 2.04 bits per heavy atom. The van der Waals surface area contributed by atoms with Crippen LogP contribution in [0.15, 0.2) is 42.5 Å². The molecular weight excluding hydrogens is 324 g/mol. The van der Waals surface area contributed by atoms with Gasteiger partial charge in [0, 0.05) is 11.1 Å². The molecule has 0 fully saturated rings. The third kappa shape index (κ3) is 2.23. The maximum atomic E-state index is 11.3. The zero-order valence-electron chi connectivity index (χ0n) is 12.9. The van der Waals surface area contributed by atoms with Crippen molar-refractivity contribution in [3.63, 3.8) is 0 Å². The molecule has 0 aliphatic rings. The lowest BCUT2D eigenvalue weighted by atomic mass is 10.1. The molecule has 2 heterocycles. The minimum atomic E-state index is -0.898. The number of fused-ring (bicyclic) bond motifs is 2. The van der Waals surface area contributed by atoms with E-state index in [0.29, 0.717) is 5.56 Å². The molecule has 0 spiro atoms. The Morgan fingerprint density at radius 1 is 1.25 bits per heavy atom. The molecule has 4 aromatic rings. The lowest BCUT2D eigenvalue weighted by Crippen LogP contribution is -2.02. The van der Waals surface area contributed by atoms with Gasteiger partial charge in [-0.15, -0.1) is 0 Å². The zero-order chi connectivity index (χ0) is 16.8. The van der Waals surface area contributed by atoms with Gasteiger partial charge in [0.05, 0.1) is 22.2 Å². The molecule has 0 radical (unpaired) electrons. The number of thiazole rings is 1. The van der Waals surface area contributed by atoms with Gasteiger partial charge >= 0.3 is 5.97 Å². The van der Waals surface area contributed by atoms with Gasteiger partial charge in [-0.3, -0.25) is 9.36 Å². The summed E-state index contributed by atoms with van der Waals surface area (Å²) < 4.78 is 3.05. The standard InChI is InChI=1S/C18H14N2O3S/c1-10-12(9-17(22)23)13-8-11(21)6-7-15(13)20(10)18-19-14-4-2-3-5-16(14)24-18/h2-8,21H,9H2,1H3,(H,22,23). The fourth-order valence-electron chi connectivity index (χ4n) is 3.05. The Bertz CT molecular complexity index is 1060. The second kappa shape index (κ2) is 5.35. The number of aromatic nitrogens is 2. The lowest BCUT2D eigenvalue weighted by molar-refractivity contribution is -0.136. The van der Waals surface area contributed by atoms with Crippen LogP contribution in [0.1, 0.15) is 11.3 Å². The van der Waals surface area contributed by atoms with E-state index in [0.717, 1.165) is 31.9 Å². The molecule has 2 N–H and O–H groups in total. The summed E-state index contributed by atoms with van der Waals surface area (Å²) in [5.74, 6) is -0.777. The van der Waals surface area contributed by atoms with Crippen molar-refractivity contribution in [1.29, 1.82) is 0 Å². The van der Waals surface area contributed by atoms with Crippen LogP contribution in [0.5, 0.6) is 5.75 Å². The number of para-hydroxylation sites is 1. The maximum Gasteiger partial charge on any atom is 0.307 e. The number of aliphatic carboxylic acids is 1. The first-order valence-electron chi connectivity index (χ1n) is 7.45. The SMILES string of the molecule is Cc1c(CC(=O)O)c2cc(O)ccc2n1-c1nc2ccccc2s1. The predicted molar refractivity (Wildman–Crippen MR) is 94.2 cm³/mol. The van der Waals surface area contributed by atoms with Gasteiger partial charge in [0.2, 0.25) is 0 Å². The van der Waals surface area contributed by atoms with Crippen LogP contribution in [0.4, 0.5) is 0 Å². The monoisotopic (exact) mass is 338 g/mol. The van der Waals surface area contributed by atoms with Gasteiger partial charge in [0.15, 0.2) is 5.13 Å². The molecule has 4 rings (SSSR count). The first-order chi connectivity index (χ1) is 11.5. The Morgan fingerprint density at radius 3 is 2.79 bits per heavy atom. The average Bonchev–Trinajstić information content (AvgIpc) is 3.07. The van der Waals surface area contributed by atoms with E-state index in [1.807, 2.05) is 35.8 Å². The fourth-order valence-corrected chi connectivity index (χ4v) is 4.08. The summed E-state index contributed by atoms with van der Waals surface area (Å²) in [4.78, 5) is 15.9. The highest BCUT2D eigenvalue weighted by molar-refractivity contribution is 7.20. The van der Waals surface area contributed by atoms with Gasteiger partial charge < -0.3 is 10.2 Å². The highest BCUT2D eigenvalue weighted by Gasteiger charge is 2.19. The van der Waals surface area contributed by atoms with Crippen LogP contribution in [-0.2, 0) is 11.2 Å². The van der Waals surface area contributed by atoms with E-state index in [1.165, 1.54) is 0 Å². The number of phenols is 1. The average molecular weight is 338 g/mol. The van der Waals surface area contributed by atoms with Crippen LogP contribution < -0.4 is 0 Å². The minimum absolute atomic E-state index is 0.0936. The molecule has 6 heteroatoms. The molecule has 2 aromatic heterocycles. The largest absolute Gasteiger partial charge is 0.508 e. The number of carboxylic acid groups (broad SMARTS) is 1. The van der Waals surface area contributed by atoms with Gasteiger partial charge in [0.1, 0.15) is 5.75 Å². The number of benzene rings is 2. The molecule has 0 atom stereocenters. The Kier molecular flexibility index (Phi) is 3.28. The molecule has 0 unspecified atom stereocenters. The smallest absolute Gasteiger partial charge is 0.307 e. The second-order valence-corrected chi connectivity index (χ2v) is 6.64. The first kappa shape index (κ1) is 14.7. The van der Waals surface area contributed by atoms with Crippen molar-refractivity contribution in [2.45, 2.75) is 13.3 Å². The van der Waals surface area contributed by atoms with E-state index in [9.17, 15) is 15.0 Å². The molecule has 24 heavy (non-hydrogen) atoms. The van der Waals surface area contributed by atoms with Crippen molar-refractivity contribution in [1.82, 2.24) is 9.55 Å². The molecule has 0 aliphatic heterocycles. The van der Waals surface area contributed by atoms with Crippen LogP contribution in [0.3, 0.4) is 0 Å². The predicted octanol–water partition coefficient (Wildman–Crippen LogP) is 3.88. The number of carbonyl (C=O) groups is 1. The number of carboxylic acids is 1. The summed E-state index contributed by atoms with van der Waals surface area (Å²) in [6.07, 6.45) is -0.0936. The van der Waals surface area contributed by atoms with Gasteiger partial charge in [-0.1, -0.05) is 23.5 Å². The summed E-state index contributed by atoms with van der Waals surface area (Å²) in [5.41, 5.74) is 3.29. The summed E-state index contributed by atoms with van der Waals surface area (Å²) >= 11 is 1.56. The van der Waals surface area contributed by atoms with E-state index in [1.54, 1.807) is 29.5 Å². The number of rotatable bonds is 3. The normalized spacial score (nSPS) is 11.4. The van der Waals surface area contributed by atoms with Crippen molar-refractivity contribution in [2.75, 3.05) is 0 Å². The lowest BCUT2D eigenvalue weighted by Gasteiger charge is -2.04. The highest BCUT2D eigenvalue weighted by Crippen LogP contribution is 2.34. The van der Waals surface area contributed by atoms with E-state index in [4.69, 9.17) is 0 Å². The molecule has 0 amide bonds. The van der Waals surface area contributed by atoms with Gasteiger partial charge in [0.25, 0.3) is 0 Å². The van der Waals surface area contributed by atoms with E-state index < -0.39 is 5.97 Å². The number of hydrogen-bond acceptors (Lipinski definition) is 4. The van der Waals surface area contributed by atoms with Crippen LogP contribution in [-0.4, -0.2) is 25.7 Å². The van der Waals surface area contributed by atoms with Gasteiger partial charge in [-0.25, -0.2) is 4.98 Å². The number of aromatic hydroxyl groups is 1. The van der Waals surface area contributed by atoms with Crippen molar-refractivity contribution < 1.29 is 15.0 Å². The highest BCUT2D eigenvalue weighted by atomic mass is 32.1. The molecular formula is C18H14N2O3S. The Labute approximate surface area is 141 Å². The van der Waals surface area contributed by atoms with Crippen LogP contribution >= 0.6 is 11.3 Å². The summed E-state index contributed by atoms with van der Waals surface area (Å²) in [7, 11) is 0. The summed E-state index contributed by atoms with van der Waals surface area (Å²) in [5, 5.41) is 20.6. The Hall–Kier alpha value is -2.86. The van der Waals surface area contributed by atoms with Crippen LogP contribution in [0.25, 0.3) is 26.3 Å². The first-order valence-corrected chi connectivity index (χ1v) is 8.27. The van der Waals surface area contributed by atoms with Crippen LogP contribution in [0.2, 0.25) is 0 Å². The molecule has 5 nitrogen and oxygen atoms in total. The molecule has 0 saturated carbocycles. The minimum Gasteiger partial charge on any atom is -0.508 e. The second-order valence-electron chi connectivity index (χ2n) is 5.64. The number of nitrogens with zero attached hydrogens (tertiary/aromatic N) is 2. The third-order valence-corrected chi connectivity index (χ3v) is 5.14. The molecule has 0 aliphatic carbocycles. The number of hydrogen-bond donors (Lipinski definition) is 2. The van der Waals surface area contributed by atoms with Gasteiger partial charge in [-0.2, -0.15) is 0 Å².